The molecule has 0 spiro atoms. The minimum absolute atomic E-state index is 0. The summed E-state index contributed by atoms with van der Waals surface area (Å²) in [7, 11) is 0. The second-order valence-electron chi connectivity index (χ2n) is 1.75. The van der Waals surface area contributed by atoms with Gasteiger partial charge in [0.05, 0.1) is 5.71 Å². The summed E-state index contributed by atoms with van der Waals surface area (Å²) >= 11 is 0. The van der Waals surface area contributed by atoms with Crippen LogP contribution >= 0.6 is 24.0 Å². The highest BCUT2D eigenvalue weighted by molar-refractivity contribution is 14.0. The number of hydrogen-bond acceptors (Lipinski definition) is 2. The summed E-state index contributed by atoms with van der Waals surface area (Å²) in [4.78, 5) is 0. The number of rotatable bonds is 2. The van der Waals surface area contributed by atoms with Gasteiger partial charge in [0, 0.05) is 6.21 Å². The molecule has 0 amide bonds. The van der Waals surface area contributed by atoms with Crippen molar-refractivity contribution in [3.8, 4) is 0 Å². The normalized spacial score (nSPS) is 7.88. The van der Waals surface area contributed by atoms with Crippen molar-refractivity contribution >= 4 is 35.9 Å². The molecule has 0 unspecified atom stereocenters. The molecule has 0 heterocycles. The van der Waals surface area contributed by atoms with Crippen molar-refractivity contribution in [3.63, 3.8) is 0 Å². The predicted octanol–water partition coefficient (Wildman–Crippen LogP) is 1.93. The van der Waals surface area contributed by atoms with Gasteiger partial charge in [0.2, 0.25) is 0 Å². The fraction of sp³-hybridized carbons (Fsp3) is 0.600. The Hall–Kier alpha value is 0.0700. The van der Waals surface area contributed by atoms with Gasteiger partial charge in [0.1, 0.15) is 0 Å². The van der Waals surface area contributed by atoms with Gasteiger partial charge in [-0.15, -0.1) is 24.0 Å². The van der Waals surface area contributed by atoms with Crippen LogP contribution in [0.25, 0.3) is 0 Å². The van der Waals surface area contributed by atoms with E-state index < -0.39 is 0 Å². The van der Waals surface area contributed by atoms with E-state index in [-0.39, 0.29) is 29.9 Å². The first-order chi connectivity index (χ1) is 3.18. The molecule has 0 aromatic rings. The van der Waals surface area contributed by atoms with Crippen molar-refractivity contribution in [2.45, 2.75) is 13.8 Å². The fourth-order valence-corrected chi connectivity index (χ4v) is 0.167. The zero-order valence-corrected chi connectivity index (χ0v) is 7.39. The zero-order chi connectivity index (χ0) is 5.86. The van der Waals surface area contributed by atoms with Gasteiger partial charge in [-0.25, -0.2) is 0 Å². The van der Waals surface area contributed by atoms with Gasteiger partial charge in [-0.1, -0.05) is 13.8 Å². The van der Waals surface area contributed by atoms with Crippen LogP contribution in [0.2, 0.25) is 0 Å². The van der Waals surface area contributed by atoms with Crippen molar-refractivity contribution in [2.75, 3.05) is 0 Å². The molecule has 48 valence electrons. The lowest BCUT2D eigenvalue weighted by Gasteiger charge is -1.95. The Morgan fingerprint density at radius 1 is 1.50 bits per heavy atom. The molecule has 0 radical (unpaired) electrons. The Kier molecular flexibility index (Phi) is 7.13. The topological polar surface area (TPSA) is 47.7 Å². The van der Waals surface area contributed by atoms with Gasteiger partial charge >= 0.3 is 0 Å². The standard InChI is InChI=1S/C5H10N2.HI/c1-4(2)5(7)3-6;/h3-4,6-7H,1-2H3;1H. The van der Waals surface area contributed by atoms with Gasteiger partial charge in [-0.3, -0.25) is 0 Å². The maximum atomic E-state index is 6.95. The number of hydrogen-bond donors (Lipinski definition) is 2. The second-order valence-corrected chi connectivity index (χ2v) is 1.75. The van der Waals surface area contributed by atoms with E-state index in [9.17, 15) is 0 Å². The third-order valence-corrected chi connectivity index (χ3v) is 0.778. The number of nitrogens with one attached hydrogen (secondary N) is 2. The van der Waals surface area contributed by atoms with Crippen LogP contribution in [0.1, 0.15) is 13.8 Å². The highest BCUT2D eigenvalue weighted by Crippen LogP contribution is 1.89. The SMILES string of the molecule is CC(C)C(=N)C=N.I. The largest absolute Gasteiger partial charge is 0.307 e. The van der Waals surface area contributed by atoms with E-state index in [1.807, 2.05) is 13.8 Å². The molecule has 0 fully saturated rings. The minimum atomic E-state index is 0. The van der Waals surface area contributed by atoms with E-state index in [2.05, 4.69) is 0 Å². The molecule has 0 aromatic heterocycles. The molecule has 2 nitrogen and oxygen atoms in total. The second kappa shape index (κ2) is 5.21. The van der Waals surface area contributed by atoms with E-state index in [4.69, 9.17) is 10.8 Å². The van der Waals surface area contributed by atoms with Crippen LogP contribution in [-0.2, 0) is 0 Å². The lowest BCUT2D eigenvalue weighted by atomic mass is 10.1. The first-order valence-electron chi connectivity index (χ1n) is 2.27. The predicted molar refractivity (Wildman–Crippen MR) is 46.8 cm³/mol. The Morgan fingerprint density at radius 3 is 1.88 bits per heavy atom. The van der Waals surface area contributed by atoms with E-state index in [1.54, 1.807) is 0 Å². The highest BCUT2D eigenvalue weighted by Gasteiger charge is 1.94. The molecule has 0 atom stereocenters. The molecule has 0 aliphatic heterocycles. The lowest BCUT2D eigenvalue weighted by molar-refractivity contribution is 0.889. The molecular formula is C5H11IN2. The third-order valence-electron chi connectivity index (χ3n) is 0.778. The molecule has 8 heavy (non-hydrogen) atoms. The van der Waals surface area contributed by atoms with Gasteiger partial charge in [-0.2, -0.15) is 0 Å². The number of halogens is 1. The maximum Gasteiger partial charge on any atom is 0.0514 e. The van der Waals surface area contributed by atoms with Crippen LogP contribution in [0.5, 0.6) is 0 Å². The van der Waals surface area contributed by atoms with Gasteiger partial charge < -0.3 is 10.8 Å². The summed E-state index contributed by atoms with van der Waals surface area (Å²) in [5.74, 6) is 0.206. The van der Waals surface area contributed by atoms with Crippen LogP contribution in [0, 0.1) is 16.7 Å². The monoisotopic (exact) mass is 226 g/mol. The molecule has 0 aliphatic carbocycles. The first kappa shape index (κ1) is 10.9. The third kappa shape index (κ3) is 4.23. The highest BCUT2D eigenvalue weighted by atomic mass is 127. The molecule has 0 aliphatic rings. The Labute approximate surface area is 66.7 Å². The molecule has 0 saturated carbocycles. The van der Waals surface area contributed by atoms with Crippen LogP contribution < -0.4 is 0 Å². The summed E-state index contributed by atoms with van der Waals surface area (Å²) in [6, 6.07) is 0. The van der Waals surface area contributed by atoms with E-state index in [0.717, 1.165) is 6.21 Å². The van der Waals surface area contributed by atoms with Crippen LogP contribution in [-0.4, -0.2) is 11.9 Å². The summed E-state index contributed by atoms with van der Waals surface area (Å²) in [6.45, 7) is 3.79. The van der Waals surface area contributed by atoms with Crippen molar-refractivity contribution in [2.24, 2.45) is 5.92 Å². The van der Waals surface area contributed by atoms with Crippen LogP contribution in [0.4, 0.5) is 0 Å². The fourth-order valence-electron chi connectivity index (χ4n) is 0.167. The Balaban J connectivity index is 0. The van der Waals surface area contributed by atoms with E-state index >= 15 is 0 Å². The minimum Gasteiger partial charge on any atom is -0.307 e. The zero-order valence-electron chi connectivity index (χ0n) is 5.06. The summed E-state index contributed by atoms with van der Waals surface area (Å²) in [5.41, 5.74) is 0.389. The van der Waals surface area contributed by atoms with Crippen molar-refractivity contribution in [3.05, 3.63) is 0 Å². The van der Waals surface area contributed by atoms with Gasteiger partial charge in [0.25, 0.3) is 0 Å². The van der Waals surface area contributed by atoms with Crippen molar-refractivity contribution < 1.29 is 0 Å². The van der Waals surface area contributed by atoms with Crippen molar-refractivity contribution in [1.29, 1.82) is 10.8 Å². The van der Waals surface area contributed by atoms with Crippen LogP contribution in [0.15, 0.2) is 0 Å². The molecule has 0 bridgehead atoms. The average Bonchev–Trinajstić information content (AvgIpc) is 1.65. The Morgan fingerprint density at radius 2 is 1.88 bits per heavy atom. The van der Waals surface area contributed by atoms with E-state index in [1.165, 1.54) is 0 Å². The maximum absolute atomic E-state index is 6.95. The quantitative estimate of drug-likeness (QED) is 0.534. The molecular weight excluding hydrogens is 215 g/mol. The summed E-state index contributed by atoms with van der Waals surface area (Å²) < 4.78 is 0. The van der Waals surface area contributed by atoms with Crippen molar-refractivity contribution in [1.82, 2.24) is 0 Å². The Bertz CT molecular complexity index is 88.4. The van der Waals surface area contributed by atoms with Gasteiger partial charge in [-0.05, 0) is 5.92 Å². The summed E-state index contributed by atoms with van der Waals surface area (Å²) in [5, 5.41) is 13.5. The molecule has 2 N–H and O–H groups in total. The lowest BCUT2D eigenvalue weighted by Crippen LogP contribution is -2.05. The van der Waals surface area contributed by atoms with E-state index in [0.29, 0.717) is 5.71 Å². The molecule has 0 rings (SSSR count). The first-order valence-corrected chi connectivity index (χ1v) is 2.27. The molecule has 0 saturated heterocycles. The molecule has 3 heteroatoms. The molecule has 0 aromatic carbocycles. The van der Waals surface area contributed by atoms with Crippen LogP contribution in [0.3, 0.4) is 0 Å². The van der Waals surface area contributed by atoms with Gasteiger partial charge in [0.15, 0.2) is 0 Å². The summed E-state index contributed by atoms with van der Waals surface area (Å²) in [6.07, 6.45) is 1.07. The average molecular weight is 226 g/mol. The smallest absolute Gasteiger partial charge is 0.0514 e.